The Bertz CT molecular complexity index is 698. The summed E-state index contributed by atoms with van der Waals surface area (Å²) in [4.78, 5) is 11.7. The number of rotatable bonds is 7. The van der Waals surface area contributed by atoms with Crippen molar-refractivity contribution >= 4 is 5.97 Å². The van der Waals surface area contributed by atoms with E-state index in [4.69, 9.17) is 14.6 Å². The number of fused-ring (bicyclic) bond motifs is 5. The molecule has 6 nitrogen and oxygen atoms in total. The molecule has 4 fully saturated rings. The Morgan fingerprint density at radius 1 is 1.09 bits per heavy atom. The zero-order chi connectivity index (χ0) is 24.0. The Balaban J connectivity index is 1.52. The van der Waals surface area contributed by atoms with Crippen molar-refractivity contribution in [2.45, 2.75) is 96.9 Å². The maximum absolute atomic E-state index is 11.7. The lowest BCUT2D eigenvalue weighted by Crippen LogP contribution is -2.62. The molecule has 0 heterocycles. The summed E-state index contributed by atoms with van der Waals surface area (Å²) >= 11 is 0. The second-order valence-electron chi connectivity index (χ2n) is 12.2. The fourth-order valence-electron chi connectivity index (χ4n) is 9.13. The Morgan fingerprint density at radius 2 is 1.85 bits per heavy atom. The van der Waals surface area contributed by atoms with Crippen LogP contribution in [0.2, 0.25) is 0 Å². The molecule has 0 spiro atoms. The third kappa shape index (κ3) is 4.28. The van der Waals surface area contributed by atoms with Crippen LogP contribution in [0.4, 0.5) is 0 Å². The highest BCUT2D eigenvalue weighted by Crippen LogP contribution is 2.68. The van der Waals surface area contributed by atoms with Crippen LogP contribution in [0.1, 0.15) is 78.6 Å². The summed E-state index contributed by atoms with van der Waals surface area (Å²) in [6, 6.07) is 0. The fraction of sp³-hybridized carbons (Fsp3) is 0.963. The molecule has 0 aromatic heterocycles. The number of hydrogen-bond donors (Lipinski definition) is 3. The van der Waals surface area contributed by atoms with Crippen LogP contribution in [-0.4, -0.2) is 59.9 Å². The molecule has 4 saturated carbocycles. The van der Waals surface area contributed by atoms with Crippen LogP contribution < -0.4 is 0 Å². The first-order valence-electron chi connectivity index (χ1n) is 13.3. The predicted molar refractivity (Wildman–Crippen MR) is 125 cm³/mol. The summed E-state index contributed by atoms with van der Waals surface area (Å²) in [6.45, 7) is 7.34. The summed E-state index contributed by atoms with van der Waals surface area (Å²) in [5, 5.41) is 32.3. The smallest absolute Gasteiger partial charge is 0.305 e. The topological polar surface area (TPSA) is 96.2 Å². The highest BCUT2D eigenvalue weighted by Gasteiger charge is 2.65. The van der Waals surface area contributed by atoms with Gasteiger partial charge in [-0.15, -0.1) is 0 Å². The van der Waals surface area contributed by atoms with Crippen molar-refractivity contribution in [2.75, 3.05) is 20.3 Å². The van der Waals surface area contributed by atoms with E-state index in [1.807, 2.05) is 0 Å². The average molecular weight is 467 g/mol. The Morgan fingerprint density at radius 3 is 2.55 bits per heavy atom. The highest BCUT2D eigenvalue weighted by atomic mass is 16.5. The molecule has 2 unspecified atom stereocenters. The van der Waals surface area contributed by atoms with Gasteiger partial charge in [-0.25, -0.2) is 0 Å². The molecule has 0 aromatic carbocycles. The fourth-order valence-corrected chi connectivity index (χ4v) is 9.13. The van der Waals surface area contributed by atoms with Crippen molar-refractivity contribution in [1.82, 2.24) is 0 Å². The maximum Gasteiger partial charge on any atom is 0.305 e. The first-order chi connectivity index (χ1) is 15.7. The zero-order valence-corrected chi connectivity index (χ0v) is 21.0. The van der Waals surface area contributed by atoms with E-state index >= 15 is 0 Å². The van der Waals surface area contributed by atoms with Crippen molar-refractivity contribution in [1.29, 1.82) is 0 Å². The molecule has 4 aliphatic carbocycles. The lowest BCUT2D eigenvalue weighted by Gasteiger charge is -2.63. The molecule has 0 amide bonds. The van der Waals surface area contributed by atoms with Crippen LogP contribution >= 0.6 is 0 Å². The predicted octanol–water partition coefficient (Wildman–Crippen LogP) is 3.55. The van der Waals surface area contributed by atoms with Crippen LogP contribution in [0.3, 0.4) is 0 Å². The van der Waals surface area contributed by atoms with Crippen molar-refractivity contribution < 1.29 is 29.6 Å². The van der Waals surface area contributed by atoms with Crippen LogP contribution in [0.15, 0.2) is 0 Å². The minimum Gasteiger partial charge on any atom is -0.469 e. The number of methoxy groups -OCH3 is 1. The standard InChI is InChI=1S/C27H46O6/c1-16(5-8-24(31)32-4)19-6-7-20-25-21(15-23(30)27(19,20)3)26(2)10-9-18(33-12-11-28)13-17(26)14-22(25)29/h16-23,25,28-30H,5-15H2,1-4H3/t16?,17-,18+,19?,20-,21-,22+,23-,25-,26-,27+/m0/s1. The zero-order valence-electron chi connectivity index (χ0n) is 21.0. The number of hydrogen-bond acceptors (Lipinski definition) is 6. The molecule has 0 aliphatic heterocycles. The Labute approximate surface area is 199 Å². The van der Waals surface area contributed by atoms with E-state index in [0.29, 0.717) is 42.6 Å². The van der Waals surface area contributed by atoms with Crippen molar-refractivity contribution in [3.05, 3.63) is 0 Å². The summed E-state index contributed by atoms with van der Waals surface area (Å²) < 4.78 is 10.7. The van der Waals surface area contributed by atoms with Gasteiger partial charge in [0.2, 0.25) is 0 Å². The molecule has 4 rings (SSSR count). The first kappa shape index (κ1) is 25.4. The number of carbonyl (C=O) groups is 1. The van der Waals surface area contributed by atoms with Crippen LogP contribution in [0, 0.1) is 46.3 Å². The van der Waals surface area contributed by atoms with Gasteiger partial charge in [0.25, 0.3) is 0 Å². The van der Waals surface area contributed by atoms with E-state index in [-0.39, 0.29) is 47.6 Å². The molecule has 190 valence electrons. The molecule has 0 aromatic rings. The largest absolute Gasteiger partial charge is 0.469 e. The average Bonchev–Trinajstić information content (AvgIpc) is 3.15. The van der Waals surface area contributed by atoms with Gasteiger partial charge in [-0.05, 0) is 97.7 Å². The number of carbonyl (C=O) groups excluding carboxylic acids is 1. The van der Waals surface area contributed by atoms with Crippen molar-refractivity contribution in [3.8, 4) is 0 Å². The summed E-state index contributed by atoms with van der Waals surface area (Å²) in [7, 11) is 1.44. The third-order valence-corrected chi connectivity index (χ3v) is 11.0. The summed E-state index contributed by atoms with van der Waals surface area (Å²) in [5.41, 5.74) is -0.0812. The van der Waals surface area contributed by atoms with Crippen molar-refractivity contribution in [2.24, 2.45) is 46.3 Å². The molecule has 0 saturated heterocycles. The Kier molecular flexibility index (Phi) is 7.51. The minimum atomic E-state index is -0.372. The van der Waals surface area contributed by atoms with Gasteiger partial charge in [0.05, 0.1) is 38.6 Å². The summed E-state index contributed by atoms with van der Waals surface area (Å²) in [6.07, 6.45) is 7.41. The van der Waals surface area contributed by atoms with Crippen LogP contribution in [0.5, 0.6) is 0 Å². The summed E-state index contributed by atoms with van der Waals surface area (Å²) in [5.74, 6) is 1.85. The van der Waals surface area contributed by atoms with Gasteiger partial charge in [-0.2, -0.15) is 0 Å². The van der Waals surface area contributed by atoms with E-state index in [1.54, 1.807) is 0 Å². The lowest BCUT2D eigenvalue weighted by molar-refractivity contribution is -0.209. The molecule has 0 radical (unpaired) electrons. The normalized spacial score (nSPS) is 47.8. The molecule has 11 atom stereocenters. The van der Waals surface area contributed by atoms with Gasteiger partial charge < -0.3 is 24.8 Å². The lowest BCUT2D eigenvalue weighted by atomic mass is 9.43. The van der Waals surface area contributed by atoms with Gasteiger partial charge in [-0.1, -0.05) is 20.8 Å². The van der Waals surface area contributed by atoms with Crippen molar-refractivity contribution in [3.63, 3.8) is 0 Å². The number of aliphatic hydroxyl groups excluding tert-OH is 3. The van der Waals surface area contributed by atoms with Gasteiger partial charge in [-0.3, -0.25) is 4.79 Å². The molecular weight excluding hydrogens is 420 g/mol. The quantitative estimate of drug-likeness (QED) is 0.497. The second kappa shape index (κ2) is 9.75. The molecule has 0 bridgehead atoms. The second-order valence-corrected chi connectivity index (χ2v) is 12.2. The highest BCUT2D eigenvalue weighted by molar-refractivity contribution is 5.69. The number of ether oxygens (including phenoxy) is 2. The van der Waals surface area contributed by atoms with E-state index in [0.717, 1.165) is 51.4 Å². The van der Waals surface area contributed by atoms with E-state index < -0.39 is 0 Å². The molecule has 6 heteroatoms. The molecule has 3 N–H and O–H groups in total. The number of aliphatic hydroxyl groups is 3. The maximum atomic E-state index is 11.7. The van der Waals surface area contributed by atoms with Crippen LogP contribution in [-0.2, 0) is 14.3 Å². The molecule has 4 aliphatic rings. The monoisotopic (exact) mass is 466 g/mol. The van der Waals surface area contributed by atoms with E-state index in [1.165, 1.54) is 7.11 Å². The first-order valence-corrected chi connectivity index (χ1v) is 13.3. The molecular formula is C27H46O6. The Hall–Kier alpha value is -0.690. The number of esters is 1. The minimum absolute atomic E-state index is 0.0530. The van der Waals surface area contributed by atoms with E-state index in [9.17, 15) is 15.0 Å². The van der Waals surface area contributed by atoms with E-state index in [2.05, 4.69) is 20.8 Å². The SMILES string of the molecule is COC(=O)CCC(C)C1CC[C@H]2[C@@H]3[C@H](O)C[C@@H]4C[C@H](OCCO)CC[C@]4(C)[C@H]3C[C@H](O)[C@]12C. The van der Waals surface area contributed by atoms with Gasteiger partial charge in [0.15, 0.2) is 0 Å². The van der Waals surface area contributed by atoms with Gasteiger partial charge in [0, 0.05) is 6.42 Å². The third-order valence-electron chi connectivity index (χ3n) is 11.0. The molecule has 33 heavy (non-hydrogen) atoms. The van der Waals surface area contributed by atoms with Gasteiger partial charge in [0.1, 0.15) is 0 Å². The van der Waals surface area contributed by atoms with Crippen LogP contribution in [0.25, 0.3) is 0 Å². The van der Waals surface area contributed by atoms with Gasteiger partial charge >= 0.3 is 5.97 Å².